The lowest BCUT2D eigenvalue weighted by Gasteiger charge is -2.16. The molecule has 1 amide bonds. The molecule has 1 aromatic carbocycles. The fourth-order valence-electron chi connectivity index (χ4n) is 2.61. The number of nitrogens with one attached hydrogen (secondary N) is 1. The Bertz CT molecular complexity index is 760. The van der Waals surface area contributed by atoms with E-state index in [4.69, 9.17) is 4.74 Å². The highest BCUT2D eigenvalue weighted by Gasteiger charge is 2.30. The van der Waals surface area contributed by atoms with Crippen molar-refractivity contribution in [2.45, 2.75) is 44.2 Å². The molecule has 1 aliphatic heterocycles. The van der Waals surface area contributed by atoms with Gasteiger partial charge in [-0.05, 0) is 38.8 Å². The van der Waals surface area contributed by atoms with Crippen LogP contribution in [0.5, 0.6) is 0 Å². The highest BCUT2D eigenvalue weighted by atomic mass is 32.2. The molecule has 0 aliphatic carbocycles. The zero-order valence-corrected chi connectivity index (χ0v) is 16.2. The number of hydrogen-bond donors (Lipinski definition) is 1. The van der Waals surface area contributed by atoms with Gasteiger partial charge in [-0.2, -0.15) is 0 Å². The van der Waals surface area contributed by atoms with Crippen LogP contribution in [0.1, 0.15) is 24.5 Å². The number of esters is 1. The summed E-state index contributed by atoms with van der Waals surface area (Å²) < 4.78 is 27.9. The van der Waals surface area contributed by atoms with Gasteiger partial charge < -0.3 is 10.1 Å². The third-order valence-electron chi connectivity index (χ3n) is 3.93. The molecule has 2 rings (SSSR count). The first-order valence-electron chi connectivity index (χ1n) is 8.06. The summed E-state index contributed by atoms with van der Waals surface area (Å²) in [5.41, 5.74) is 2.25. The zero-order chi connectivity index (χ0) is 18.6. The maximum Gasteiger partial charge on any atom is 0.317 e. The van der Waals surface area contributed by atoms with Crippen molar-refractivity contribution >= 4 is 33.5 Å². The maximum absolute atomic E-state index is 12.0. The van der Waals surface area contributed by atoms with Crippen LogP contribution in [0, 0.1) is 13.8 Å². The van der Waals surface area contributed by atoms with Crippen LogP contribution in [0.2, 0.25) is 0 Å². The second-order valence-electron chi connectivity index (χ2n) is 6.30. The highest BCUT2D eigenvalue weighted by Crippen LogP contribution is 2.23. The van der Waals surface area contributed by atoms with E-state index in [0.29, 0.717) is 6.42 Å². The zero-order valence-electron chi connectivity index (χ0n) is 14.6. The average Bonchev–Trinajstić information content (AvgIpc) is 2.85. The minimum absolute atomic E-state index is 0.0536. The van der Waals surface area contributed by atoms with E-state index >= 15 is 0 Å². The molecule has 0 saturated carbocycles. The standard InChI is InChI=1S/C17H23NO5S2/c1-11-4-5-15(12(2)8-11)24-9-16(19)23-13(3)17(20)18-14-6-7-25(21,22)10-14/h4-5,8,13-14H,6-7,9-10H2,1-3H3,(H,18,20)/t13-,14+/m1/s1. The summed E-state index contributed by atoms with van der Waals surface area (Å²) in [6.45, 7) is 5.47. The Labute approximate surface area is 152 Å². The normalized spacial score (nSPS) is 20.0. The number of sulfone groups is 1. The molecule has 1 saturated heterocycles. The van der Waals surface area contributed by atoms with Crippen LogP contribution in [-0.2, 0) is 24.2 Å². The van der Waals surface area contributed by atoms with E-state index in [9.17, 15) is 18.0 Å². The van der Waals surface area contributed by atoms with E-state index in [1.165, 1.54) is 18.7 Å². The molecule has 2 atom stereocenters. The smallest absolute Gasteiger partial charge is 0.317 e. The molecule has 1 aliphatic rings. The number of carbonyl (C=O) groups is 2. The maximum atomic E-state index is 12.0. The van der Waals surface area contributed by atoms with Gasteiger partial charge in [-0.15, -0.1) is 11.8 Å². The third-order valence-corrected chi connectivity index (χ3v) is 6.85. The van der Waals surface area contributed by atoms with Crippen molar-refractivity contribution in [3.63, 3.8) is 0 Å². The van der Waals surface area contributed by atoms with Crippen molar-refractivity contribution in [2.24, 2.45) is 0 Å². The number of thioether (sulfide) groups is 1. The van der Waals surface area contributed by atoms with Crippen molar-refractivity contribution in [3.8, 4) is 0 Å². The Morgan fingerprint density at radius 3 is 2.68 bits per heavy atom. The van der Waals surface area contributed by atoms with Gasteiger partial charge in [0.2, 0.25) is 0 Å². The van der Waals surface area contributed by atoms with Gasteiger partial charge in [0.05, 0.1) is 17.3 Å². The molecule has 0 radical (unpaired) electrons. The Balaban J connectivity index is 1.78. The molecule has 0 aromatic heterocycles. The van der Waals surface area contributed by atoms with Crippen LogP contribution in [-0.4, -0.2) is 49.7 Å². The number of aryl methyl sites for hydroxylation is 2. The van der Waals surface area contributed by atoms with Gasteiger partial charge in [-0.3, -0.25) is 9.59 Å². The molecule has 0 unspecified atom stereocenters. The monoisotopic (exact) mass is 385 g/mol. The molecule has 0 spiro atoms. The number of hydrogen-bond acceptors (Lipinski definition) is 6. The summed E-state index contributed by atoms with van der Waals surface area (Å²) in [6.07, 6.45) is -0.549. The average molecular weight is 386 g/mol. The molecule has 25 heavy (non-hydrogen) atoms. The predicted octanol–water partition coefficient (Wildman–Crippen LogP) is 1.63. The van der Waals surface area contributed by atoms with E-state index in [2.05, 4.69) is 5.32 Å². The summed E-state index contributed by atoms with van der Waals surface area (Å²) >= 11 is 1.36. The van der Waals surface area contributed by atoms with Gasteiger partial charge in [0.25, 0.3) is 5.91 Å². The molecule has 8 heteroatoms. The first-order chi connectivity index (χ1) is 11.7. The molecule has 6 nitrogen and oxygen atoms in total. The van der Waals surface area contributed by atoms with Crippen LogP contribution in [0.25, 0.3) is 0 Å². The molecule has 1 heterocycles. The van der Waals surface area contributed by atoms with Gasteiger partial charge in [-0.25, -0.2) is 8.42 Å². The minimum Gasteiger partial charge on any atom is -0.452 e. The third kappa shape index (κ3) is 6.04. The highest BCUT2D eigenvalue weighted by molar-refractivity contribution is 8.00. The summed E-state index contributed by atoms with van der Waals surface area (Å²) in [5.74, 6) is -0.807. The predicted molar refractivity (Wildman–Crippen MR) is 97.4 cm³/mol. The summed E-state index contributed by atoms with van der Waals surface area (Å²) in [5, 5.41) is 2.63. The van der Waals surface area contributed by atoms with E-state index in [0.717, 1.165) is 16.0 Å². The first-order valence-corrected chi connectivity index (χ1v) is 10.9. The number of ether oxygens (including phenoxy) is 1. The van der Waals surface area contributed by atoms with E-state index in [1.807, 2.05) is 32.0 Å². The second kappa shape index (κ2) is 8.23. The van der Waals surface area contributed by atoms with Crippen LogP contribution in [0.15, 0.2) is 23.1 Å². The summed E-state index contributed by atoms with van der Waals surface area (Å²) in [7, 11) is -3.06. The van der Waals surface area contributed by atoms with Crippen molar-refractivity contribution in [1.82, 2.24) is 5.32 Å². The van der Waals surface area contributed by atoms with Gasteiger partial charge in [0, 0.05) is 10.9 Å². The van der Waals surface area contributed by atoms with Crippen LogP contribution in [0.4, 0.5) is 0 Å². The lowest BCUT2D eigenvalue weighted by Crippen LogP contribution is -2.42. The second-order valence-corrected chi connectivity index (χ2v) is 9.54. The minimum atomic E-state index is -3.06. The molecule has 1 N–H and O–H groups in total. The number of carbonyl (C=O) groups excluding carboxylic acids is 2. The number of amides is 1. The molecular formula is C17H23NO5S2. The Kier molecular flexibility index (Phi) is 6.51. The van der Waals surface area contributed by atoms with Gasteiger partial charge in [-0.1, -0.05) is 17.7 Å². The van der Waals surface area contributed by atoms with Crippen molar-refractivity contribution < 1.29 is 22.7 Å². The fourth-order valence-corrected chi connectivity index (χ4v) is 5.08. The first kappa shape index (κ1) is 19.8. The molecule has 0 bridgehead atoms. The van der Waals surface area contributed by atoms with E-state index < -0.39 is 33.9 Å². The van der Waals surface area contributed by atoms with E-state index in [1.54, 1.807) is 0 Å². The molecule has 1 aromatic rings. The fraction of sp³-hybridized carbons (Fsp3) is 0.529. The van der Waals surface area contributed by atoms with Gasteiger partial charge >= 0.3 is 5.97 Å². The molecular weight excluding hydrogens is 362 g/mol. The Morgan fingerprint density at radius 1 is 1.36 bits per heavy atom. The van der Waals surface area contributed by atoms with Crippen LogP contribution in [0.3, 0.4) is 0 Å². The Hall–Kier alpha value is -1.54. The summed E-state index contributed by atoms with van der Waals surface area (Å²) in [6, 6.07) is 5.58. The van der Waals surface area contributed by atoms with Crippen molar-refractivity contribution in [3.05, 3.63) is 29.3 Å². The lowest BCUT2D eigenvalue weighted by atomic mass is 10.2. The number of rotatable bonds is 6. The van der Waals surface area contributed by atoms with Crippen molar-refractivity contribution in [1.29, 1.82) is 0 Å². The number of benzene rings is 1. The lowest BCUT2D eigenvalue weighted by molar-refractivity contribution is -0.152. The Morgan fingerprint density at radius 2 is 2.08 bits per heavy atom. The topological polar surface area (TPSA) is 89.5 Å². The van der Waals surface area contributed by atoms with Gasteiger partial charge in [0.1, 0.15) is 0 Å². The molecule has 138 valence electrons. The summed E-state index contributed by atoms with van der Waals surface area (Å²) in [4.78, 5) is 24.9. The largest absolute Gasteiger partial charge is 0.452 e. The van der Waals surface area contributed by atoms with Gasteiger partial charge in [0.15, 0.2) is 15.9 Å². The van der Waals surface area contributed by atoms with E-state index in [-0.39, 0.29) is 17.3 Å². The molecule has 1 fully saturated rings. The van der Waals surface area contributed by atoms with Crippen molar-refractivity contribution in [2.75, 3.05) is 17.3 Å². The quantitative estimate of drug-likeness (QED) is 0.591. The van der Waals surface area contributed by atoms with Crippen LogP contribution < -0.4 is 5.32 Å². The van der Waals surface area contributed by atoms with Crippen LogP contribution >= 0.6 is 11.8 Å². The SMILES string of the molecule is Cc1ccc(SCC(=O)O[C@H](C)C(=O)N[C@H]2CCS(=O)(=O)C2)c(C)c1.